The number of likely N-dealkylation sites (tertiary alicyclic amines) is 1. The van der Waals surface area contributed by atoms with Crippen molar-refractivity contribution in [3.63, 3.8) is 0 Å². The Kier molecular flexibility index (Phi) is 7.25. The molecule has 6 nitrogen and oxygen atoms in total. The minimum Gasteiger partial charge on any atom is -0.451 e. The molecule has 1 saturated heterocycles. The van der Waals surface area contributed by atoms with E-state index in [1.165, 1.54) is 6.92 Å². The van der Waals surface area contributed by atoms with Crippen LogP contribution in [0, 0.1) is 0 Å². The summed E-state index contributed by atoms with van der Waals surface area (Å²) >= 11 is 5.99. The molecule has 0 aromatic heterocycles. The lowest BCUT2D eigenvalue weighted by atomic mass is 9.97. The van der Waals surface area contributed by atoms with Crippen molar-refractivity contribution in [2.75, 3.05) is 0 Å². The number of hydrogen-bond donors (Lipinski definition) is 1. The molecule has 0 aliphatic carbocycles. The number of rotatable bonds is 5. The molecule has 27 heavy (non-hydrogen) atoms. The summed E-state index contributed by atoms with van der Waals surface area (Å²) in [7, 11) is 0. The second-order valence-corrected chi connectivity index (χ2v) is 7.54. The smallest absolute Gasteiger partial charge is 0.329 e. The van der Waals surface area contributed by atoms with E-state index in [2.05, 4.69) is 5.32 Å². The van der Waals surface area contributed by atoms with E-state index in [4.69, 9.17) is 16.3 Å². The lowest BCUT2D eigenvalue weighted by Crippen LogP contribution is -2.52. The molecule has 4 atom stereocenters. The molecule has 1 aliphatic rings. The molecular weight excluding hydrogens is 368 g/mol. The van der Waals surface area contributed by atoms with Crippen molar-refractivity contribution >= 4 is 29.4 Å². The van der Waals surface area contributed by atoms with Gasteiger partial charge >= 0.3 is 5.97 Å². The van der Waals surface area contributed by atoms with Crippen molar-refractivity contribution in [3.8, 4) is 0 Å². The summed E-state index contributed by atoms with van der Waals surface area (Å²) in [6.07, 6.45) is 2.08. The average Bonchev–Trinajstić information content (AvgIpc) is 2.61. The Balaban J connectivity index is 1.94. The van der Waals surface area contributed by atoms with E-state index in [1.54, 1.807) is 36.1 Å². The van der Waals surface area contributed by atoms with Gasteiger partial charge in [-0.3, -0.25) is 9.59 Å². The average molecular weight is 395 g/mol. The number of carbonyl (C=O) groups is 3. The van der Waals surface area contributed by atoms with Gasteiger partial charge in [-0.05, 0) is 59.1 Å². The Labute approximate surface area is 165 Å². The van der Waals surface area contributed by atoms with Gasteiger partial charge in [-0.2, -0.15) is 0 Å². The summed E-state index contributed by atoms with van der Waals surface area (Å²) in [5.74, 6) is -1.33. The van der Waals surface area contributed by atoms with Gasteiger partial charge in [-0.1, -0.05) is 23.7 Å². The van der Waals surface area contributed by atoms with Crippen molar-refractivity contribution in [1.29, 1.82) is 0 Å². The Morgan fingerprint density at radius 1 is 1.15 bits per heavy atom. The molecule has 0 spiro atoms. The maximum absolute atomic E-state index is 12.7. The fraction of sp³-hybridized carbons (Fsp3) is 0.550. The maximum atomic E-state index is 12.7. The number of hydrogen-bond acceptors (Lipinski definition) is 4. The van der Waals surface area contributed by atoms with Gasteiger partial charge in [0.25, 0.3) is 11.8 Å². The SMILES string of the molecule is C[C@H](NC(=O)c1ccccc1Cl)C(=O)O[C@@H](C)C(=O)N1[C@H](C)CCC[C@@H]1C. The van der Waals surface area contributed by atoms with E-state index in [0.29, 0.717) is 5.02 Å². The molecule has 1 aromatic rings. The Morgan fingerprint density at radius 3 is 2.33 bits per heavy atom. The third-order valence-corrected chi connectivity index (χ3v) is 5.24. The van der Waals surface area contributed by atoms with Crippen LogP contribution < -0.4 is 5.32 Å². The molecule has 0 saturated carbocycles. The van der Waals surface area contributed by atoms with Crippen LogP contribution in [0.15, 0.2) is 24.3 Å². The van der Waals surface area contributed by atoms with Crippen LogP contribution in [0.5, 0.6) is 0 Å². The normalized spacial score (nSPS) is 21.9. The molecule has 2 rings (SSSR count). The van der Waals surface area contributed by atoms with Gasteiger partial charge in [-0.15, -0.1) is 0 Å². The van der Waals surface area contributed by atoms with Crippen molar-refractivity contribution in [2.24, 2.45) is 0 Å². The first-order chi connectivity index (χ1) is 12.7. The molecule has 1 fully saturated rings. The zero-order valence-corrected chi connectivity index (χ0v) is 17.0. The third-order valence-electron chi connectivity index (χ3n) is 4.91. The first-order valence-corrected chi connectivity index (χ1v) is 9.68. The van der Waals surface area contributed by atoms with Crippen LogP contribution in [0.1, 0.15) is 57.3 Å². The van der Waals surface area contributed by atoms with Gasteiger partial charge in [0.2, 0.25) is 0 Å². The van der Waals surface area contributed by atoms with Crippen molar-refractivity contribution < 1.29 is 19.1 Å². The Morgan fingerprint density at radius 2 is 1.74 bits per heavy atom. The summed E-state index contributed by atoms with van der Waals surface area (Å²) in [5, 5.41) is 2.85. The maximum Gasteiger partial charge on any atom is 0.329 e. The fourth-order valence-electron chi connectivity index (χ4n) is 3.37. The summed E-state index contributed by atoms with van der Waals surface area (Å²) in [6.45, 7) is 7.10. The van der Waals surface area contributed by atoms with Gasteiger partial charge < -0.3 is 15.0 Å². The molecule has 2 amide bonds. The zero-order chi connectivity index (χ0) is 20.1. The van der Waals surface area contributed by atoms with E-state index in [0.717, 1.165) is 19.3 Å². The molecule has 0 bridgehead atoms. The highest BCUT2D eigenvalue weighted by Crippen LogP contribution is 2.23. The van der Waals surface area contributed by atoms with E-state index < -0.39 is 24.0 Å². The third kappa shape index (κ3) is 5.22. The first-order valence-electron chi connectivity index (χ1n) is 9.30. The number of benzene rings is 1. The summed E-state index contributed by atoms with van der Waals surface area (Å²) in [4.78, 5) is 39.1. The lowest BCUT2D eigenvalue weighted by Gasteiger charge is -2.40. The van der Waals surface area contributed by atoms with Crippen molar-refractivity contribution in [1.82, 2.24) is 10.2 Å². The van der Waals surface area contributed by atoms with E-state index >= 15 is 0 Å². The summed E-state index contributed by atoms with van der Waals surface area (Å²) in [5.41, 5.74) is 0.277. The van der Waals surface area contributed by atoms with Crippen LogP contribution in [-0.2, 0) is 14.3 Å². The van der Waals surface area contributed by atoms with Crippen LogP contribution in [0.2, 0.25) is 5.02 Å². The standard InChI is InChI=1S/C20H27ClN2O4/c1-12-8-7-9-13(2)23(12)19(25)15(4)27-20(26)14(3)22-18(24)16-10-5-6-11-17(16)21/h5-6,10-15H,7-9H2,1-4H3,(H,22,24)/t12-,13+,14-,15-/m0/s1. The molecule has 0 unspecified atom stereocenters. The fourth-order valence-corrected chi connectivity index (χ4v) is 3.59. The molecule has 7 heteroatoms. The van der Waals surface area contributed by atoms with E-state index in [1.807, 2.05) is 13.8 Å². The monoisotopic (exact) mass is 394 g/mol. The summed E-state index contributed by atoms with van der Waals surface area (Å²) in [6, 6.07) is 5.92. The summed E-state index contributed by atoms with van der Waals surface area (Å²) < 4.78 is 5.31. The number of halogens is 1. The molecule has 1 aliphatic heterocycles. The van der Waals surface area contributed by atoms with Gasteiger partial charge in [0.1, 0.15) is 6.04 Å². The largest absolute Gasteiger partial charge is 0.451 e. The number of nitrogens with zero attached hydrogens (tertiary/aromatic N) is 1. The zero-order valence-electron chi connectivity index (χ0n) is 16.2. The number of esters is 1. The second kappa shape index (κ2) is 9.22. The van der Waals surface area contributed by atoms with Crippen LogP contribution in [0.25, 0.3) is 0 Å². The minimum absolute atomic E-state index is 0.125. The molecular formula is C20H27ClN2O4. The van der Waals surface area contributed by atoms with Gasteiger partial charge in [-0.25, -0.2) is 4.79 Å². The first kappa shape index (κ1) is 21.2. The highest BCUT2D eigenvalue weighted by molar-refractivity contribution is 6.33. The van der Waals surface area contributed by atoms with E-state index in [9.17, 15) is 14.4 Å². The van der Waals surface area contributed by atoms with E-state index in [-0.39, 0.29) is 23.6 Å². The lowest BCUT2D eigenvalue weighted by molar-refractivity contribution is -0.163. The van der Waals surface area contributed by atoms with Gasteiger partial charge in [0.05, 0.1) is 10.6 Å². The highest BCUT2D eigenvalue weighted by atomic mass is 35.5. The van der Waals surface area contributed by atoms with Crippen molar-refractivity contribution in [2.45, 2.75) is 71.2 Å². The Hall–Kier alpha value is -2.08. The molecule has 0 radical (unpaired) electrons. The van der Waals surface area contributed by atoms with Crippen molar-refractivity contribution in [3.05, 3.63) is 34.9 Å². The molecule has 1 N–H and O–H groups in total. The predicted molar refractivity (Wildman–Crippen MR) is 104 cm³/mol. The molecule has 1 aromatic carbocycles. The number of carbonyl (C=O) groups excluding carboxylic acids is 3. The highest BCUT2D eigenvalue weighted by Gasteiger charge is 2.34. The van der Waals surface area contributed by atoms with Crippen LogP contribution in [-0.4, -0.2) is 46.9 Å². The van der Waals surface area contributed by atoms with Crippen LogP contribution in [0.3, 0.4) is 0 Å². The van der Waals surface area contributed by atoms with Crippen LogP contribution in [0.4, 0.5) is 0 Å². The Bertz CT molecular complexity index is 699. The van der Waals surface area contributed by atoms with Gasteiger partial charge in [0, 0.05) is 12.1 Å². The predicted octanol–water partition coefficient (Wildman–Crippen LogP) is 3.18. The quantitative estimate of drug-likeness (QED) is 0.778. The molecule has 148 valence electrons. The van der Waals surface area contributed by atoms with Gasteiger partial charge in [0.15, 0.2) is 6.10 Å². The second-order valence-electron chi connectivity index (χ2n) is 7.13. The molecule has 1 heterocycles. The number of nitrogens with one attached hydrogen (secondary N) is 1. The topological polar surface area (TPSA) is 75.7 Å². The minimum atomic E-state index is -0.903. The van der Waals surface area contributed by atoms with Crippen LogP contribution >= 0.6 is 11.6 Å². The number of piperidine rings is 1. The number of amides is 2. The number of ether oxygens (including phenoxy) is 1.